The Balaban J connectivity index is 1.86. The summed E-state index contributed by atoms with van der Waals surface area (Å²) in [6, 6.07) is 0.629. The van der Waals surface area contributed by atoms with Gasteiger partial charge in [-0.1, -0.05) is 31.5 Å². The Labute approximate surface area is 108 Å². The van der Waals surface area contributed by atoms with Crippen LogP contribution < -0.4 is 5.32 Å². The van der Waals surface area contributed by atoms with Gasteiger partial charge in [0, 0.05) is 18.8 Å². The number of rotatable bonds is 6. The molecule has 0 aliphatic heterocycles. The topological polar surface area (TPSA) is 42.7 Å². The lowest BCUT2D eigenvalue weighted by Gasteiger charge is -2.23. The highest BCUT2D eigenvalue weighted by atomic mass is 32.2. The molecule has 1 aliphatic carbocycles. The first-order chi connectivity index (χ1) is 8.31. The number of nitrogens with one attached hydrogen (secondary N) is 1. The minimum Gasteiger partial charge on any atom is -0.313 e. The number of hydrogen-bond donors (Lipinski definition) is 1. The number of aromatic nitrogens is 3. The van der Waals surface area contributed by atoms with Crippen molar-refractivity contribution in [3.8, 4) is 0 Å². The third kappa shape index (κ3) is 3.45. The maximum Gasteiger partial charge on any atom is 0.190 e. The van der Waals surface area contributed by atoms with Gasteiger partial charge < -0.3 is 9.88 Å². The van der Waals surface area contributed by atoms with Crippen LogP contribution in [0.2, 0.25) is 0 Å². The molecule has 5 heteroatoms. The van der Waals surface area contributed by atoms with E-state index in [1.54, 1.807) is 6.33 Å². The van der Waals surface area contributed by atoms with Crippen LogP contribution in [-0.2, 0) is 7.05 Å². The van der Waals surface area contributed by atoms with Gasteiger partial charge in [-0.3, -0.25) is 0 Å². The zero-order chi connectivity index (χ0) is 12.1. The Kier molecular flexibility index (Phi) is 4.86. The predicted molar refractivity (Wildman–Crippen MR) is 71.1 cm³/mol. The summed E-state index contributed by atoms with van der Waals surface area (Å²) in [6.07, 6.45) is 7.34. The number of thioether (sulfide) groups is 1. The van der Waals surface area contributed by atoms with E-state index in [0.29, 0.717) is 6.04 Å². The molecule has 1 aromatic rings. The quantitative estimate of drug-likeness (QED) is 0.789. The second kappa shape index (κ2) is 6.40. The standard InChI is InChI=1S/C12H22N4S/c1-3-13-11(10-6-4-5-7-10)8-17-12-15-14-9-16(12)2/h9-11,13H,3-8H2,1-2H3. The molecule has 1 aromatic heterocycles. The van der Waals surface area contributed by atoms with Crippen LogP contribution in [0, 0.1) is 5.92 Å². The molecule has 1 atom stereocenters. The smallest absolute Gasteiger partial charge is 0.190 e. The molecule has 0 amide bonds. The summed E-state index contributed by atoms with van der Waals surface area (Å²) in [5.74, 6) is 1.96. The monoisotopic (exact) mass is 254 g/mol. The molecular weight excluding hydrogens is 232 g/mol. The van der Waals surface area contributed by atoms with E-state index in [4.69, 9.17) is 0 Å². The highest BCUT2D eigenvalue weighted by Gasteiger charge is 2.24. The molecule has 0 spiro atoms. The zero-order valence-corrected chi connectivity index (χ0v) is 11.5. The molecule has 0 aromatic carbocycles. The Morgan fingerprint density at radius 1 is 1.53 bits per heavy atom. The molecule has 0 bridgehead atoms. The van der Waals surface area contributed by atoms with Gasteiger partial charge in [-0.25, -0.2) is 0 Å². The number of aryl methyl sites for hydroxylation is 1. The van der Waals surface area contributed by atoms with Crippen LogP contribution in [0.4, 0.5) is 0 Å². The van der Waals surface area contributed by atoms with Gasteiger partial charge in [0.05, 0.1) is 0 Å². The maximum absolute atomic E-state index is 4.12. The molecule has 1 heterocycles. The molecule has 0 saturated heterocycles. The van der Waals surface area contributed by atoms with Crippen molar-refractivity contribution in [2.75, 3.05) is 12.3 Å². The first kappa shape index (κ1) is 12.9. The average Bonchev–Trinajstić information content (AvgIpc) is 2.96. The van der Waals surface area contributed by atoms with Crippen molar-refractivity contribution >= 4 is 11.8 Å². The van der Waals surface area contributed by atoms with Gasteiger partial charge in [0.25, 0.3) is 0 Å². The van der Waals surface area contributed by atoms with Crippen LogP contribution >= 0.6 is 11.8 Å². The third-order valence-corrected chi connectivity index (χ3v) is 4.65. The van der Waals surface area contributed by atoms with E-state index in [1.807, 2.05) is 23.4 Å². The van der Waals surface area contributed by atoms with Crippen LogP contribution in [0.5, 0.6) is 0 Å². The first-order valence-electron chi connectivity index (χ1n) is 6.51. The molecule has 1 N–H and O–H groups in total. The van der Waals surface area contributed by atoms with Gasteiger partial charge in [-0.05, 0) is 25.3 Å². The largest absolute Gasteiger partial charge is 0.313 e. The molecule has 1 aliphatic rings. The Hall–Kier alpha value is -0.550. The number of nitrogens with zero attached hydrogens (tertiary/aromatic N) is 3. The summed E-state index contributed by atoms with van der Waals surface area (Å²) in [5.41, 5.74) is 0. The Morgan fingerprint density at radius 3 is 2.88 bits per heavy atom. The molecule has 17 heavy (non-hydrogen) atoms. The molecule has 1 fully saturated rings. The van der Waals surface area contributed by atoms with Crippen LogP contribution in [0.15, 0.2) is 11.5 Å². The van der Waals surface area contributed by atoms with Crippen LogP contribution in [0.25, 0.3) is 0 Å². The highest BCUT2D eigenvalue weighted by Crippen LogP contribution is 2.30. The lowest BCUT2D eigenvalue weighted by Crippen LogP contribution is -2.37. The van der Waals surface area contributed by atoms with Crippen LogP contribution in [0.3, 0.4) is 0 Å². The average molecular weight is 254 g/mol. The lowest BCUT2D eigenvalue weighted by molar-refractivity contribution is 0.394. The predicted octanol–water partition coefficient (Wildman–Crippen LogP) is 2.08. The van der Waals surface area contributed by atoms with Gasteiger partial charge in [0.2, 0.25) is 0 Å². The molecule has 4 nitrogen and oxygen atoms in total. The minimum absolute atomic E-state index is 0.629. The van der Waals surface area contributed by atoms with Crippen molar-refractivity contribution in [2.24, 2.45) is 13.0 Å². The Morgan fingerprint density at radius 2 is 2.29 bits per heavy atom. The summed E-state index contributed by atoms with van der Waals surface area (Å²) in [6.45, 7) is 3.25. The summed E-state index contributed by atoms with van der Waals surface area (Å²) in [4.78, 5) is 0. The van der Waals surface area contributed by atoms with Gasteiger partial charge in [0.15, 0.2) is 5.16 Å². The van der Waals surface area contributed by atoms with Gasteiger partial charge in [-0.2, -0.15) is 0 Å². The fourth-order valence-corrected chi connectivity index (χ4v) is 3.63. The van der Waals surface area contributed by atoms with Gasteiger partial charge in [0.1, 0.15) is 6.33 Å². The maximum atomic E-state index is 4.12. The van der Waals surface area contributed by atoms with Crippen LogP contribution in [0.1, 0.15) is 32.6 Å². The second-order valence-electron chi connectivity index (χ2n) is 4.74. The van der Waals surface area contributed by atoms with E-state index in [2.05, 4.69) is 22.4 Å². The fourth-order valence-electron chi connectivity index (χ4n) is 2.55. The molecule has 0 radical (unpaired) electrons. The van der Waals surface area contributed by atoms with E-state index < -0.39 is 0 Å². The van der Waals surface area contributed by atoms with Crippen molar-refractivity contribution in [3.63, 3.8) is 0 Å². The highest BCUT2D eigenvalue weighted by molar-refractivity contribution is 7.99. The number of hydrogen-bond acceptors (Lipinski definition) is 4. The summed E-state index contributed by atoms with van der Waals surface area (Å²) in [5, 5.41) is 12.7. The fraction of sp³-hybridized carbons (Fsp3) is 0.833. The third-order valence-electron chi connectivity index (χ3n) is 3.50. The summed E-state index contributed by atoms with van der Waals surface area (Å²) < 4.78 is 1.99. The van der Waals surface area contributed by atoms with Gasteiger partial charge in [-0.15, -0.1) is 10.2 Å². The molecule has 2 rings (SSSR count). The summed E-state index contributed by atoms with van der Waals surface area (Å²) >= 11 is 1.82. The van der Waals surface area contributed by atoms with Crippen molar-refractivity contribution in [1.29, 1.82) is 0 Å². The normalized spacial score (nSPS) is 18.7. The minimum atomic E-state index is 0.629. The molecule has 1 unspecified atom stereocenters. The van der Waals surface area contributed by atoms with E-state index in [0.717, 1.165) is 23.4 Å². The molecule has 96 valence electrons. The lowest BCUT2D eigenvalue weighted by atomic mass is 10.00. The van der Waals surface area contributed by atoms with Crippen LogP contribution in [-0.4, -0.2) is 33.1 Å². The molecule has 1 saturated carbocycles. The van der Waals surface area contributed by atoms with Crippen molar-refractivity contribution < 1.29 is 0 Å². The second-order valence-corrected chi connectivity index (χ2v) is 5.73. The van der Waals surface area contributed by atoms with E-state index >= 15 is 0 Å². The van der Waals surface area contributed by atoms with E-state index in [9.17, 15) is 0 Å². The van der Waals surface area contributed by atoms with E-state index in [-0.39, 0.29) is 0 Å². The zero-order valence-electron chi connectivity index (χ0n) is 10.7. The van der Waals surface area contributed by atoms with Crippen molar-refractivity contribution in [1.82, 2.24) is 20.1 Å². The van der Waals surface area contributed by atoms with Crippen molar-refractivity contribution in [2.45, 2.75) is 43.8 Å². The Bertz CT molecular complexity index is 333. The SMILES string of the molecule is CCNC(CSc1nncn1C)C1CCCC1. The first-order valence-corrected chi connectivity index (χ1v) is 7.50. The summed E-state index contributed by atoms with van der Waals surface area (Å²) in [7, 11) is 2.00. The van der Waals surface area contributed by atoms with Crippen molar-refractivity contribution in [3.05, 3.63) is 6.33 Å². The molecular formula is C12H22N4S. The van der Waals surface area contributed by atoms with Gasteiger partial charge >= 0.3 is 0 Å². The van der Waals surface area contributed by atoms with E-state index in [1.165, 1.54) is 25.7 Å².